The Hall–Kier alpha value is -2.62. The molecular formula is C16H26O10. The van der Waals surface area contributed by atoms with Crippen molar-refractivity contribution < 1.29 is 48.3 Å². The van der Waals surface area contributed by atoms with E-state index in [0.29, 0.717) is 6.08 Å². The van der Waals surface area contributed by atoms with Crippen LogP contribution in [-0.4, -0.2) is 66.6 Å². The fourth-order valence-electron chi connectivity index (χ4n) is 1.26. The van der Waals surface area contributed by atoms with Gasteiger partial charge in [0.15, 0.2) is 6.10 Å². The summed E-state index contributed by atoms with van der Waals surface area (Å²) in [6.45, 7) is 7.21. The Bertz CT molecular complexity index is 483. The number of carbonyl (C=O) groups is 4. The minimum Gasteiger partial charge on any atom is -0.502 e. The van der Waals surface area contributed by atoms with Crippen LogP contribution in [0.1, 0.15) is 34.1 Å². The van der Waals surface area contributed by atoms with Crippen molar-refractivity contribution >= 4 is 23.9 Å². The van der Waals surface area contributed by atoms with Gasteiger partial charge in [-0.2, -0.15) is 0 Å². The first-order valence-electron chi connectivity index (χ1n) is 7.98. The second-order valence-electron chi connectivity index (χ2n) is 4.28. The third kappa shape index (κ3) is 13.8. The largest absolute Gasteiger partial charge is 0.502 e. The lowest BCUT2D eigenvalue weighted by atomic mass is 10.2. The van der Waals surface area contributed by atoms with E-state index in [4.69, 9.17) is 10.2 Å². The molecule has 0 saturated carbocycles. The van der Waals surface area contributed by atoms with Crippen molar-refractivity contribution in [1.82, 2.24) is 0 Å². The smallest absolute Gasteiger partial charge is 0.373 e. The van der Waals surface area contributed by atoms with E-state index in [0.717, 1.165) is 0 Å². The van der Waals surface area contributed by atoms with Gasteiger partial charge in [0.05, 0.1) is 38.9 Å². The number of carbonyl (C=O) groups excluding carboxylic acids is 4. The molecule has 150 valence electrons. The van der Waals surface area contributed by atoms with Gasteiger partial charge in [0.2, 0.25) is 5.76 Å². The molecule has 0 aromatic carbocycles. The van der Waals surface area contributed by atoms with E-state index in [1.807, 2.05) is 0 Å². The molecule has 0 aliphatic carbocycles. The molecule has 0 bridgehead atoms. The Kier molecular flexibility index (Phi) is 15.6. The topological polar surface area (TPSA) is 146 Å². The van der Waals surface area contributed by atoms with Crippen LogP contribution in [0.3, 0.4) is 0 Å². The van der Waals surface area contributed by atoms with E-state index in [1.54, 1.807) is 27.7 Å². The lowest BCUT2D eigenvalue weighted by Gasteiger charge is -2.08. The zero-order chi connectivity index (χ0) is 20.5. The normalized spacial score (nSPS) is 11.3. The van der Waals surface area contributed by atoms with Gasteiger partial charge in [-0.05, 0) is 27.7 Å². The lowest BCUT2D eigenvalue weighted by Crippen LogP contribution is -2.26. The number of ether oxygens (including phenoxy) is 4. The summed E-state index contributed by atoms with van der Waals surface area (Å²) < 4.78 is 17.9. The fraction of sp³-hybridized carbons (Fsp3) is 0.625. The molecule has 0 rings (SSSR count). The zero-order valence-electron chi connectivity index (χ0n) is 15.4. The summed E-state index contributed by atoms with van der Waals surface area (Å²) in [5, 5.41) is 18.0. The van der Waals surface area contributed by atoms with Crippen LogP contribution >= 0.6 is 0 Å². The van der Waals surface area contributed by atoms with Crippen LogP contribution in [0.2, 0.25) is 0 Å². The van der Waals surface area contributed by atoms with Crippen molar-refractivity contribution in [3.63, 3.8) is 0 Å². The second kappa shape index (κ2) is 15.9. The van der Waals surface area contributed by atoms with E-state index < -0.39 is 35.7 Å². The average Bonchev–Trinajstić information content (AvgIpc) is 2.56. The average molecular weight is 378 g/mol. The Labute approximate surface area is 151 Å². The minimum atomic E-state index is -1.42. The lowest BCUT2D eigenvalue weighted by molar-refractivity contribution is -0.159. The first-order chi connectivity index (χ1) is 12.2. The predicted molar refractivity (Wildman–Crippen MR) is 87.9 cm³/mol. The Balaban J connectivity index is 0. The molecule has 10 heteroatoms. The van der Waals surface area contributed by atoms with Gasteiger partial charge in [-0.15, -0.1) is 0 Å². The SMILES string of the molecule is CCOC(=O)/C=C(\O)C(=O)OCC.CCOC(=O)C[C@@H](O)C(=O)OCC. The van der Waals surface area contributed by atoms with Crippen LogP contribution in [0.15, 0.2) is 11.8 Å². The minimum absolute atomic E-state index is 0.138. The summed E-state index contributed by atoms with van der Waals surface area (Å²) in [4.78, 5) is 43.0. The molecule has 26 heavy (non-hydrogen) atoms. The first kappa shape index (κ1) is 25.6. The summed E-state index contributed by atoms with van der Waals surface area (Å²) in [5.74, 6) is -3.86. The van der Waals surface area contributed by atoms with Gasteiger partial charge in [-0.1, -0.05) is 0 Å². The molecule has 0 aliphatic heterocycles. The van der Waals surface area contributed by atoms with Crippen molar-refractivity contribution in [1.29, 1.82) is 0 Å². The van der Waals surface area contributed by atoms with Crippen molar-refractivity contribution in [2.24, 2.45) is 0 Å². The number of hydrogen-bond acceptors (Lipinski definition) is 10. The molecule has 0 aromatic heterocycles. The van der Waals surface area contributed by atoms with Crippen LogP contribution in [0.5, 0.6) is 0 Å². The monoisotopic (exact) mass is 378 g/mol. The highest BCUT2D eigenvalue weighted by Gasteiger charge is 2.20. The van der Waals surface area contributed by atoms with Crippen LogP contribution in [0, 0.1) is 0 Å². The van der Waals surface area contributed by atoms with Gasteiger partial charge in [-0.25, -0.2) is 14.4 Å². The molecule has 0 amide bonds. The van der Waals surface area contributed by atoms with Crippen LogP contribution in [0.25, 0.3) is 0 Å². The molecule has 0 radical (unpaired) electrons. The van der Waals surface area contributed by atoms with E-state index in [-0.39, 0.29) is 32.8 Å². The van der Waals surface area contributed by atoms with Crippen molar-refractivity contribution in [3.8, 4) is 0 Å². The molecule has 0 unspecified atom stereocenters. The van der Waals surface area contributed by atoms with Crippen LogP contribution in [-0.2, 0) is 38.1 Å². The first-order valence-corrected chi connectivity index (χ1v) is 7.98. The van der Waals surface area contributed by atoms with Crippen LogP contribution < -0.4 is 0 Å². The Morgan fingerprint density at radius 1 is 0.846 bits per heavy atom. The summed E-state index contributed by atoms with van der Waals surface area (Å²) >= 11 is 0. The highest BCUT2D eigenvalue weighted by Crippen LogP contribution is 1.97. The van der Waals surface area contributed by atoms with Crippen LogP contribution in [0.4, 0.5) is 0 Å². The number of aliphatic hydroxyl groups is 2. The molecule has 0 spiro atoms. The highest BCUT2D eigenvalue weighted by molar-refractivity contribution is 5.94. The van der Waals surface area contributed by atoms with Gasteiger partial charge in [0.1, 0.15) is 0 Å². The maximum Gasteiger partial charge on any atom is 0.373 e. The van der Waals surface area contributed by atoms with Crippen molar-refractivity contribution in [2.75, 3.05) is 26.4 Å². The zero-order valence-corrected chi connectivity index (χ0v) is 15.4. The third-order valence-corrected chi connectivity index (χ3v) is 2.25. The molecule has 0 heterocycles. The van der Waals surface area contributed by atoms with Gasteiger partial charge < -0.3 is 29.2 Å². The molecule has 0 aromatic rings. The molecule has 0 fully saturated rings. The molecule has 10 nitrogen and oxygen atoms in total. The Morgan fingerprint density at radius 3 is 1.81 bits per heavy atom. The number of rotatable bonds is 9. The quantitative estimate of drug-likeness (QED) is 0.250. The van der Waals surface area contributed by atoms with E-state index in [2.05, 4.69) is 18.9 Å². The van der Waals surface area contributed by atoms with Crippen molar-refractivity contribution in [3.05, 3.63) is 11.8 Å². The maximum atomic E-state index is 10.8. The fourth-order valence-corrected chi connectivity index (χ4v) is 1.26. The number of aliphatic hydroxyl groups excluding tert-OH is 2. The molecular weight excluding hydrogens is 352 g/mol. The summed E-state index contributed by atoms with van der Waals surface area (Å²) in [5.41, 5.74) is 0. The molecule has 2 N–H and O–H groups in total. The van der Waals surface area contributed by atoms with Gasteiger partial charge in [0.25, 0.3) is 0 Å². The van der Waals surface area contributed by atoms with E-state index >= 15 is 0 Å². The second-order valence-corrected chi connectivity index (χ2v) is 4.28. The van der Waals surface area contributed by atoms with E-state index in [9.17, 15) is 19.2 Å². The number of esters is 4. The van der Waals surface area contributed by atoms with Gasteiger partial charge >= 0.3 is 23.9 Å². The third-order valence-electron chi connectivity index (χ3n) is 2.25. The summed E-state index contributed by atoms with van der Waals surface area (Å²) in [6, 6.07) is 0. The Morgan fingerprint density at radius 2 is 1.35 bits per heavy atom. The standard InChI is InChI=1S/C8H14O5.C8H12O5/c2*1-3-12-7(10)5-6(9)8(11)13-4-2/h6,9H,3-5H2,1-2H3;5,9H,3-4H2,1-2H3/b;6-5-/t6-;/m1./s1. The summed E-state index contributed by atoms with van der Waals surface area (Å²) in [6.07, 6.45) is -1.09. The predicted octanol–water partition coefficient (Wildman–Crippen LogP) is 0.418. The highest BCUT2D eigenvalue weighted by atomic mass is 16.6. The van der Waals surface area contributed by atoms with E-state index in [1.165, 1.54) is 0 Å². The molecule has 0 saturated heterocycles. The summed E-state index contributed by atoms with van der Waals surface area (Å²) in [7, 11) is 0. The molecule has 1 atom stereocenters. The van der Waals surface area contributed by atoms with Crippen molar-refractivity contribution in [2.45, 2.75) is 40.2 Å². The number of hydrogen-bond donors (Lipinski definition) is 2. The van der Waals surface area contributed by atoms with Gasteiger partial charge in [0, 0.05) is 0 Å². The molecule has 0 aliphatic rings. The maximum absolute atomic E-state index is 10.8. The van der Waals surface area contributed by atoms with Gasteiger partial charge in [-0.3, -0.25) is 4.79 Å².